The van der Waals surface area contributed by atoms with Crippen molar-refractivity contribution >= 4 is 5.71 Å². The summed E-state index contributed by atoms with van der Waals surface area (Å²) >= 11 is 0. The fourth-order valence-corrected chi connectivity index (χ4v) is 1.21. The molecule has 56 valence electrons. The van der Waals surface area contributed by atoms with Crippen LogP contribution in [0.5, 0.6) is 0 Å². The third kappa shape index (κ3) is 1.69. The van der Waals surface area contributed by atoms with Crippen LogP contribution in [0.3, 0.4) is 0 Å². The Labute approximate surface area is 62.6 Å². The molecule has 1 aliphatic carbocycles. The summed E-state index contributed by atoms with van der Waals surface area (Å²) < 4.78 is 0. The topological polar surface area (TPSA) is 23.9 Å². The van der Waals surface area contributed by atoms with Gasteiger partial charge in [-0.1, -0.05) is 13.0 Å². The van der Waals surface area contributed by atoms with E-state index in [2.05, 4.69) is 13.0 Å². The van der Waals surface area contributed by atoms with Crippen molar-refractivity contribution in [1.29, 1.82) is 5.41 Å². The second-order valence-corrected chi connectivity index (χ2v) is 3.25. The van der Waals surface area contributed by atoms with E-state index in [4.69, 9.17) is 5.41 Å². The first kappa shape index (κ1) is 7.52. The minimum atomic E-state index is 0.776. The van der Waals surface area contributed by atoms with Gasteiger partial charge in [0.15, 0.2) is 0 Å². The van der Waals surface area contributed by atoms with Crippen molar-refractivity contribution in [2.45, 2.75) is 33.1 Å². The minimum Gasteiger partial charge on any atom is -0.305 e. The summed E-state index contributed by atoms with van der Waals surface area (Å²) in [5.74, 6) is 0.776. The van der Waals surface area contributed by atoms with Gasteiger partial charge in [-0.15, -0.1) is 0 Å². The summed E-state index contributed by atoms with van der Waals surface area (Å²) in [6.07, 6.45) is 5.52. The molecular formula is C9H15N. The first-order valence-corrected chi connectivity index (χ1v) is 3.94. The van der Waals surface area contributed by atoms with E-state index in [1.807, 2.05) is 6.92 Å². The zero-order valence-corrected chi connectivity index (χ0v) is 6.78. The molecule has 0 heterocycles. The fraction of sp³-hybridized carbons (Fsp3) is 0.667. The third-order valence-electron chi connectivity index (χ3n) is 2.19. The fourth-order valence-electron chi connectivity index (χ4n) is 1.21. The smallest absolute Gasteiger partial charge is 0.0339 e. The Hall–Kier alpha value is -0.590. The highest BCUT2D eigenvalue weighted by atomic mass is 14.4. The van der Waals surface area contributed by atoms with Crippen LogP contribution in [0.15, 0.2) is 11.6 Å². The average molecular weight is 137 g/mol. The van der Waals surface area contributed by atoms with Gasteiger partial charge in [0.25, 0.3) is 0 Å². The molecule has 1 atom stereocenters. The Balaban J connectivity index is 2.64. The summed E-state index contributed by atoms with van der Waals surface area (Å²) in [5.41, 5.74) is 2.02. The Morgan fingerprint density at radius 2 is 2.30 bits per heavy atom. The molecule has 0 aromatic carbocycles. The van der Waals surface area contributed by atoms with E-state index in [-0.39, 0.29) is 0 Å². The average Bonchev–Trinajstić information content (AvgIpc) is 2.04. The van der Waals surface area contributed by atoms with Gasteiger partial charge in [0.2, 0.25) is 0 Å². The zero-order chi connectivity index (χ0) is 7.56. The van der Waals surface area contributed by atoms with Gasteiger partial charge in [0, 0.05) is 5.71 Å². The van der Waals surface area contributed by atoms with E-state index in [0.717, 1.165) is 24.5 Å². The van der Waals surface area contributed by atoms with E-state index < -0.39 is 0 Å². The second-order valence-electron chi connectivity index (χ2n) is 3.25. The van der Waals surface area contributed by atoms with Crippen molar-refractivity contribution in [2.75, 3.05) is 0 Å². The molecule has 0 bridgehead atoms. The molecule has 0 aromatic rings. The molecule has 0 fully saturated rings. The molecule has 0 spiro atoms. The molecule has 0 amide bonds. The molecule has 1 unspecified atom stereocenters. The number of hydrogen-bond acceptors (Lipinski definition) is 1. The molecule has 0 aromatic heterocycles. The Morgan fingerprint density at radius 3 is 3.00 bits per heavy atom. The minimum absolute atomic E-state index is 0.776. The maximum absolute atomic E-state index is 7.56. The van der Waals surface area contributed by atoms with Gasteiger partial charge >= 0.3 is 0 Å². The SMILES string of the molecule is CC1=CCC(C)CCC1=N. The predicted octanol–water partition coefficient (Wildman–Crippen LogP) is 2.77. The van der Waals surface area contributed by atoms with Crippen LogP contribution in [0.4, 0.5) is 0 Å². The zero-order valence-electron chi connectivity index (χ0n) is 6.78. The van der Waals surface area contributed by atoms with E-state index in [0.29, 0.717) is 0 Å². The van der Waals surface area contributed by atoms with Crippen molar-refractivity contribution in [1.82, 2.24) is 0 Å². The van der Waals surface area contributed by atoms with Gasteiger partial charge in [-0.2, -0.15) is 0 Å². The van der Waals surface area contributed by atoms with Crippen molar-refractivity contribution in [2.24, 2.45) is 5.92 Å². The molecule has 1 aliphatic rings. The number of hydrogen-bond donors (Lipinski definition) is 1. The summed E-state index contributed by atoms with van der Waals surface area (Å²) in [6.45, 7) is 4.29. The quantitative estimate of drug-likeness (QED) is 0.531. The Morgan fingerprint density at radius 1 is 1.60 bits per heavy atom. The molecule has 10 heavy (non-hydrogen) atoms. The monoisotopic (exact) mass is 137 g/mol. The molecule has 0 saturated heterocycles. The number of rotatable bonds is 0. The van der Waals surface area contributed by atoms with Gasteiger partial charge in [-0.05, 0) is 37.7 Å². The molecule has 0 radical (unpaired) electrons. The van der Waals surface area contributed by atoms with E-state index in [1.54, 1.807) is 0 Å². The molecule has 0 aliphatic heterocycles. The Bertz CT molecular complexity index is 168. The van der Waals surface area contributed by atoms with Gasteiger partial charge in [-0.25, -0.2) is 0 Å². The van der Waals surface area contributed by atoms with Crippen molar-refractivity contribution < 1.29 is 0 Å². The molecule has 1 nitrogen and oxygen atoms in total. The van der Waals surface area contributed by atoms with Crippen LogP contribution < -0.4 is 0 Å². The Kier molecular flexibility index (Phi) is 2.25. The number of nitrogens with one attached hydrogen (secondary N) is 1. The van der Waals surface area contributed by atoms with Crippen molar-refractivity contribution in [3.63, 3.8) is 0 Å². The molecule has 1 heteroatoms. The normalized spacial score (nSPS) is 27.6. The lowest BCUT2D eigenvalue weighted by Crippen LogP contribution is -1.96. The summed E-state index contributed by atoms with van der Waals surface area (Å²) in [6, 6.07) is 0. The van der Waals surface area contributed by atoms with Crippen LogP contribution in [0, 0.1) is 11.3 Å². The highest BCUT2D eigenvalue weighted by Gasteiger charge is 2.08. The van der Waals surface area contributed by atoms with Crippen molar-refractivity contribution in [3.8, 4) is 0 Å². The lowest BCUT2D eigenvalue weighted by molar-refractivity contribution is 0.559. The summed E-state index contributed by atoms with van der Waals surface area (Å²) in [7, 11) is 0. The largest absolute Gasteiger partial charge is 0.305 e. The van der Waals surface area contributed by atoms with Crippen LogP contribution in [-0.2, 0) is 0 Å². The van der Waals surface area contributed by atoms with Gasteiger partial charge < -0.3 is 5.41 Å². The van der Waals surface area contributed by atoms with Crippen LogP contribution in [0.1, 0.15) is 33.1 Å². The van der Waals surface area contributed by atoms with Crippen LogP contribution in [0.2, 0.25) is 0 Å². The molecule has 1 rings (SSSR count). The third-order valence-corrected chi connectivity index (χ3v) is 2.19. The second kappa shape index (κ2) is 3.00. The predicted molar refractivity (Wildman–Crippen MR) is 44.5 cm³/mol. The lowest BCUT2D eigenvalue weighted by Gasteiger charge is -2.02. The first-order chi connectivity index (χ1) is 4.70. The summed E-state index contributed by atoms with van der Waals surface area (Å²) in [4.78, 5) is 0. The van der Waals surface area contributed by atoms with Crippen LogP contribution in [0.25, 0.3) is 0 Å². The lowest BCUT2D eigenvalue weighted by atomic mass is 10.0. The van der Waals surface area contributed by atoms with E-state index >= 15 is 0 Å². The first-order valence-electron chi connectivity index (χ1n) is 3.94. The highest BCUT2D eigenvalue weighted by molar-refractivity contribution is 5.97. The van der Waals surface area contributed by atoms with Crippen LogP contribution in [-0.4, -0.2) is 5.71 Å². The maximum Gasteiger partial charge on any atom is 0.0339 e. The van der Waals surface area contributed by atoms with Crippen molar-refractivity contribution in [3.05, 3.63) is 11.6 Å². The van der Waals surface area contributed by atoms with E-state index in [1.165, 1.54) is 12.0 Å². The summed E-state index contributed by atoms with van der Waals surface area (Å²) in [5, 5.41) is 7.56. The highest BCUT2D eigenvalue weighted by Crippen LogP contribution is 2.18. The standard InChI is InChI=1S/C9H15N/c1-7-3-5-8(2)9(10)6-4-7/h5,7,10H,3-4,6H2,1-2H3. The molecule has 1 N–H and O–H groups in total. The van der Waals surface area contributed by atoms with E-state index in [9.17, 15) is 0 Å². The molecule has 0 saturated carbocycles. The maximum atomic E-state index is 7.56. The van der Waals surface area contributed by atoms with Crippen LogP contribution >= 0.6 is 0 Å². The van der Waals surface area contributed by atoms with Gasteiger partial charge in [0.1, 0.15) is 0 Å². The molecular weight excluding hydrogens is 122 g/mol. The number of allylic oxidation sites excluding steroid dienone is 2. The van der Waals surface area contributed by atoms with Gasteiger partial charge in [-0.3, -0.25) is 0 Å². The van der Waals surface area contributed by atoms with Gasteiger partial charge in [0.05, 0.1) is 0 Å².